The van der Waals surface area contributed by atoms with Crippen LogP contribution in [0.5, 0.6) is 0 Å². The lowest BCUT2D eigenvalue weighted by Crippen LogP contribution is -2.31. The summed E-state index contributed by atoms with van der Waals surface area (Å²) < 4.78 is 0. The van der Waals surface area contributed by atoms with E-state index in [1.807, 2.05) is 11.9 Å². The van der Waals surface area contributed by atoms with Crippen molar-refractivity contribution in [3.63, 3.8) is 0 Å². The lowest BCUT2D eigenvalue weighted by Gasteiger charge is -2.16. The van der Waals surface area contributed by atoms with Crippen molar-refractivity contribution in [1.82, 2.24) is 10.2 Å². The van der Waals surface area contributed by atoms with Crippen LogP contribution in [0.15, 0.2) is 24.3 Å². The molecule has 1 unspecified atom stereocenters. The van der Waals surface area contributed by atoms with E-state index in [1.165, 1.54) is 5.56 Å². The Bertz CT molecular complexity index is 419. The van der Waals surface area contributed by atoms with Crippen LogP contribution in [0.3, 0.4) is 0 Å². The minimum Gasteiger partial charge on any atom is -0.342 e. The fraction of sp³-hybridized carbons (Fsp3) is 0.562. The van der Waals surface area contributed by atoms with Gasteiger partial charge in [-0.05, 0) is 43.5 Å². The number of benzene rings is 1. The molecule has 0 spiro atoms. The fourth-order valence-electron chi connectivity index (χ4n) is 2.69. The van der Waals surface area contributed by atoms with Crippen LogP contribution < -0.4 is 5.32 Å². The van der Waals surface area contributed by atoms with Crippen molar-refractivity contribution < 1.29 is 4.79 Å². The average molecular weight is 297 g/mol. The zero-order valence-electron chi connectivity index (χ0n) is 12.4. The Hall–Kier alpha value is -1.06. The third-order valence-corrected chi connectivity index (χ3v) is 3.92. The van der Waals surface area contributed by atoms with Crippen molar-refractivity contribution in [3.05, 3.63) is 35.4 Å². The summed E-state index contributed by atoms with van der Waals surface area (Å²) in [6, 6.07) is 8.41. The smallest absolute Gasteiger partial charge is 0.226 e. The second-order valence-corrected chi connectivity index (χ2v) is 5.40. The Labute approximate surface area is 128 Å². The van der Waals surface area contributed by atoms with Gasteiger partial charge in [-0.15, -0.1) is 12.4 Å². The van der Waals surface area contributed by atoms with Gasteiger partial charge in [0.2, 0.25) is 5.91 Å². The summed E-state index contributed by atoms with van der Waals surface area (Å²) in [4.78, 5) is 14.2. The molecule has 1 amide bonds. The molecular weight excluding hydrogens is 272 g/mol. The van der Waals surface area contributed by atoms with E-state index >= 15 is 0 Å². The Morgan fingerprint density at radius 2 is 1.95 bits per heavy atom. The van der Waals surface area contributed by atoms with Gasteiger partial charge in [-0.3, -0.25) is 4.79 Å². The summed E-state index contributed by atoms with van der Waals surface area (Å²) in [7, 11) is 1.97. The average Bonchev–Trinajstić information content (AvgIpc) is 2.89. The summed E-state index contributed by atoms with van der Waals surface area (Å²) in [5, 5.41) is 3.19. The molecule has 1 aliphatic heterocycles. The molecule has 1 aliphatic rings. The first-order chi connectivity index (χ1) is 9.22. The van der Waals surface area contributed by atoms with Gasteiger partial charge in [0, 0.05) is 13.1 Å². The van der Waals surface area contributed by atoms with Crippen LogP contribution in [-0.4, -0.2) is 37.5 Å². The third kappa shape index (κ3) is 4.50. The van der Waals surface area contributed by atoms with Crippen LogP contribution in [0.2, 0.25) is 0 Å². The van der Waals surface area contributed by atoms with Crippen LogP contribution in [0.1, 0.15) is 24.5 Å². The first-order valence-corrected chi connectivity index (χ1v) is 7.23. The number of hydrogen-bond donors (Lipinski definition) is 1. The summed E-state index contributed by atoms with van der Waals surface area (Å²) in [5.74, 6) is 0.888. The first-order valence-electron chi connectivity index (χ1n) is 7.23. The second kappa shape index (κ2) is 8.28. The van der Waals surface area contributed by atoms with Crippen molar-refractivity contribution in [2.24, 2.45) is 5.92 Å². The molecule has 0 aliphatic carbocycles. The van der Waals surface area contributed by atoms with Crippen molar-refractivity contribution in [2.45, 2.75) is 26.2 Å². The highest BCUT2D eigenvalue weighted by Crippen LogP contribution is 2.17. The van der Waals surface area contributed by atoms with Gasteiger partial charge in [0.1, 0.15) is 0 Å². The van der Waals surface area contributed by atoms with Crippen LogP contribution in [0.4, 0.5) is 0 Å². The number of hydrogen-bond acceptors (Lipinski definition) is 2. The van der Waals surface area contributed by atoms with Gasteiger partial charge in [0.15, 0.2) is 0 Å². The molecule has 1 atom stereocenters. The number of nitrogens with one attached hydrogen (secondary N) is 1. The van der Waals surface area contributed by atoms with Gasteiger partial charge in [-0.25, -0.2) is 0 Å². The highest BCUT2D eigenvalue weighted by atomic mass is 35.5. The molecule has 0 saturated carbocycles. The van der Waals surface area contributed by atoms with Crippen LogP contribution in [-0.2, 0) is 17.6 Å². The topological polar surface area (TPSA) is 32.3 Å². The van der Waals surface area contributed by atoms with Crippen LogP contribution in [0, 0.1) is 5.92 Å². The van der Waals surface area contributed by atoms with Gasteiger partial charge in [0.25, 0.3) is 0 Å². The zero-order chi connectivity index (χ0) is 13.7. The van der Waals surface area contributed by atoms with E-state index in [0.717, 1.165) is 38.0 Å². The molecule has 0 bridgehead atoms. The lowest BCUT2D eigenvalue weighted by atomic mass is 10.1. The molecule has 1 N–H and O–H groups in total. The fourth-order valence-corrected chi connectivity index (χ4v) is 2.69. The van der Waals surface area contributed by atoms with E-state index in [9.17, 15) is 4.79 Å². The predicted octanol–water partition coefficient (Wildman–Crippen LogP) is 2.28. The van der Waals surface area contributed by atoms with Crippen molar-refractivity contribution in [2.75, 3.05) is 26.7 Å². The molecule has 0 radical (unpaired) electrons. The Morgan fingerprint density at radius 3 is 2.55 bits per heavy atom. The second-order valence-electron chi connectivity index (χ2n) is 5.40. The highest BCUT2D eigenvalue weighted by molar-refractivity contribution is 5.85. The summed E-state index contributed by atoms with van der Waals surface area (Å²) in [5.41, 5.74) is 2.45. The van der Waals surface area contributed by atoms with Crippen LogP contribution in [0.25, 0.3) is 0 Å². The summed E-state index contributed by atoms with van der Waals surface area (Å²) in [6.07, 6.45) is 2.71. The van der Waals surface area contributed by atoms with Gasteiger partial charge in [-0.1, -0.05) is 31.2 Å². The van der Waals surface area contributed by atoms with Crippen LogP contribution >= 0.6 is 12.4 Å². The molecule has 2 rings (SSSR count). The number of aryl methyl sites for hydroxylation is 1. The molecule has 112 valence electrons. The normalized spacial score (nSPS) is 17.9. The number of rotatable bonds is 5. The van der Waals surface area contributed by atoms with Crippen molar-refractivity contribution in [1.29, 1.82) is 0 Å². The van der Waals surface area contributed by atoms with E-state index in [0.29, 0.717) is 12.3 Å². The molecule has 3 nitrogen and oxygen atoms in total. The molecule has 20 heavy (non-hydrogen) atoms. The van der Waals surface area contributed by atoms with Crippen molar-refractivity contribution >= 4 is 18.3 Å². The molecule has 1 saturated heterocycles. The summed E-state index contributed by atoms with van der Waals surface area (Å²) in [6.45, 7) is 4.98. The molecular formula is C16H25ClN2O. The van der Waals surface area contributed by atoms with E-state index in [-0.39, 0.29) is 18.3 Å². The lowest BCUT2D eigenvalue weighted by molar-refractivity contribution is -0.129. The Kier molecular flexibility index (Phi) is 7.03. The zero-order valence-corrected chi connectivity index (χ0v) is 13.2. The number of nitrogens with zero attached hydrogens (tertiary/aromatic N) is 1. The molecule has 1 aromatic carbocycles. The maximum Gasteiger partial charge on any atom is 0.226 e. The Morgan fingerprint density at radius 1 is 1.30 bits per heavy atom. The molecule has 1 fully saturated rings. The SMILES string of the molecule is CCc1ccc(CC(=O)N2CCC(CNC)C2)cc1.Cl. The largest absolute Gasteiger partial charge is 0.342 e. The quantitative estimate of drug-likeness (QED) is 0.904. The summed E-state index contributed by atoms with van der Waals surface area (Å²) >= 11 is 0. The standard InChI is InChI=1S/C16H24N2O.ClH/c1-3-13-4-6-14(7-5-13)10-16(19)18-9-8-15(12-18)11-17-2;/h4-7,15,17H,3,8-12H2,1-2H3;1H. The van der Waals surface area contributed by atoms with Gasteiger partial charge >= 0.3 is 0 Å². The number of amides is 1. The number of likely N-dealkylation sites (tertiary alicyclic amines) is 1. The molecule has 1 heterocycles. The maximum atomic E-state index is 12.2. The molecule has 0 aromatic heterocycles. The van der Waals surface area contributed by atoms with Gasteiger partial charge in [0.05, 0.1) is 6.42 Å². The number of carbonyl (C=O) groups is 1. The molecule has 1 aromatic rings. The number of halogens is 1. The molecule has 4 heteroatoms. The maximum absolute atomic E-state index is 12.2. The minimum absolute atomic E-state index is 0. The first kappa shape index (κ1) is 17.0. The van der Waals surface area contributed by atoms with E-state index in [1.54, 1.807) is 0 Å². The Balaban J connectivity index is 0.00000200. The number of carbonyl (C=O) groups excluding carboxylic acids is 1. The van der Waals surface area contributed by atoms with E-state index < -0.39 is 0 Å². The van der Waals surface area contributed by atoms with E-state index in [2.05, 4.69) is 36.5 Å². The highest BCUT2D eigenvalue weighted by Gasteiger charge is 2.25. The predicted molar refractivity (Wildman–Crippen MR) is 85.4 cm³/mol. The van der Waals surface area contributed by atoms with Gasteiger partial charge in [-0.2, -0.15) is 0 Å². The van der Waals surface area contributed by atoms with Crippen molar-refractivity contribution in [3.8, 4) is 0 Å². The van der Waals surface area contributed by atoms with Gasteiger partial charge < -0.3 is 10.2 Å². The van der Waals surface area contributed by atoms with E-state index in [4.69, 9.17) is 0 Å². The monoisotopic (exact) mass is 296 g/mol. The minimum atomic E-state index is 0. The third-order valence-electron chi connectivity index (χ3n) is 3.92.